The molecular formula is C20H21FN4O2S3. The molecule has 2 N–H and O–H groups in total. The van der Waals surface area contributed by atoms with Crippen molar-refractivity contribution in [2.45, 2.75) is 25.6 Å². The minimum Gasteiger partial charge on any atom is -0.348 e. The highest BCUT2D eigenvalue weighted by molar-refractivity contribution is 7.99. The van der Waals surface area contributed by atoms with Crippen molar-refractivity contribution in [1.29, 1.82) is 0 Å². The number of amides is 2. The van der Waals surface area contributed by atoms with E-state index in [9.17, 15) is 14.0 Å². The van der Waals surface area contributed by atoms with E-state index in [-0.39, 0.29) is 17.0 Å². The Kier molecular flexibility index (Phi) is 7.94. The standard InChI is InChI=1S/C20H21FN4O2S3/c1-12(2)18(15-7-4-8-29-15)23-16(26)10-28-11-17-24-25-20(30-17)19(27)22-14-6-3-5-13(21)9-14/h3-9,12,18H,10-11H2,1-2H3,(H,22,27)(H,23,26). The van der Waals surface area contributed by atoms with Crippen LogP contribution in [-0.2, 0) is 10.5 Å². The van der Waals surface area contributed by atoms with Crippen LogP contribution in [0.4, 0.5) is 10.1 Å². The van der Waals surface area contributed by atoms with Gasteiger partial charge in [-0.2, -0.15) is 0 Å². The summed E-state index contributed by atoms with van der Waals surface area (Å²) in [6.45, 7) is 4.16. The number of aromatic nitrogens is 2. The third-order valence-corrected chi connectivity index (χ3v) is 7.04. The van der Waals surface area contributed by atoms with Gasteiger partial charge in [-0.3, -0.25) is 9.59 Å². The third kappa shape index (κ3) is 6.35. The van der Waals surface area contributed by atoms with E-state index in [0.717, 1.165) is 16.2 Å². The molecular weight excluding hydrogens is 443 g/mol. The van der Waals surface area contributed by atoms with Crippen LogP contribution < -0.4 is 10.6 Å². The van der Waals surface area contributed by atoms with Crippen molar-refractivity contribution in [1.82, 2.24) is 15.5 Å². The van der Waals surface area contributed by atoms with Gasteiger partial charge in [-0.15, -0.1) is 33.3 Å². The smallest absolute Gasteiger partial charge is 0.286 e. The molecule has 2 heterocycles. The lowest BCUT2D eigenvalue weighted by atomic mass is 10.0. The molecule has 0 bridgehead atoms. The van der Waals surface area contributed by atoms with E-state index in [1.54, 1.807) is 17.4 Å². The number of thiophene rings is 1. The van der Waals surface area contributed by atoms with E-state index in [1.165, 1.54) is 30.0 Å². The van der Waals surface area contributed by atoms with Crippen molar-refractivity contribution < 1.29 is 14.0 Å². The molecule has 3 aromatic rings. The highest BCUT2D eigenvalue weighted by Crippen LogP contribution is 2.26. The monoisotopic (exact) mass is 464 g/mol. The van der Waals surface area contributed by atoms with E-state index in [0.29, 0.717) is 28.1 Å². The molecule has 3 rings (SSSR count). The number of thioether (sulfide) groups is 1. The minimum absolute atomic E-state index is 0.00208. The van der Waals surface area contributed by atoms with Crippen LogP contribution in [0.1, 0.15) is 39.6 Å². The van der Waals surface area contributed by atoms with Crippen LogP contribution in [0.2, 0.25) is 0 Å². The predicted molar refractivity (Wildman–Crippen MR) is 120 cm³/mol. The van der Waals surface area contributed by atoms with Gasteiger partial charge in [0, 0.05) is 16.3 Å². The Bertz CT molecular complexity index is 992. The maximum Gasteiger partial charge on any atom is 0.286 e. The molecule has 0 aliphatic carbocycles. The largest absolute Gasteiger partial charge is 0.348 e. The summed E-state index contributed by atoms with van der Waals surface area (Å²) < 4.78 is 13.2. The normalized spacial score (nSPS) is 12.0. The maximum atomic E-state index is 13.2. The number of nitrogens with one attached hydrogen (secondary N) is 2. The van der Waals surface area contributed by atoms with Crippen LogP contribution in [0.15, 0.2) is 41.8 Å². The summed E-state index contributed by atoms with van der Waals surface area (Å²) in [7, 11) is 0. The van der Waals surface area contributed by atoms with E-state index in [4.69, 9.17) is 0 Å². The number of rotatable bonds is 9. The Hall–Kier alpha value is -2.30. The lowest BCUT2D eigenvalue weighted by Crippen LogP contribution is -2.32. The molecule has 1 atom stereocenters. The fraction of sp³-hybridized carbons (Fsp3) is 0.300. The Morgan fingerprint density at radius 3 is 2.73 bits per heavy atom. The first-order chi connectivity index (χ1) is 14.4. The van der Waals surface area contributed by atoms with E-state index in [1.807, 2.05) is 17.5 Å². The molecule has 0 aliphatic rings. The van der Waals surface area contributed by atoms with Crippen LogP contribution in [0, 0.1) is 11.7 Å². The summed E-state index contributed by atoms with van der Waals surface area (Å²) >= 11 is 4.20. The Morgan fingerprint density at radius 1 is 1.20 bits per heavy atom. The van der Waals surface area contributed by atoms with E-state index in [2.05, 4.69) is 34.7 Å². The molecule has 10 heteroatoms. The summed E-state index contributed by atoms with van der Waals surface area (Å²) in [6.07, 6.45) is 0. The van der Waals surface area contributed by atoms with Crippen molar-refractivity contribution in [3.8, 4) is 0 Å². The van der Waals surface area contributed by atoms with Gasteiger partial charge in [-0.1, -0.05) is 37.3 Å². The van der Waals surface area contributed by atoms with Gasteiger partial charge in [0.15, 0.2) is 0 Å². The highest BCUT2D eigenvalue weighted by Gasteiger charge is 2.19. The Morgan fingerprint density at radius 2 is 2.03 bits per heavy atom. The van der Waals surface area contributed by atoms with Gasteiger partial charge in [-0.05, 0) is 35.6 Å². The number of hydrogen-bond donors (Lipinski definition) is 2. The van der Waals surface area contributed by atoms with Crippen molar-refractivity contribution >= 4 is 51.9 Å². The number of hydrogen-bond acceptors (Lipinski definition) is 7. The molecule has 0 spiro atoms. The zero-order valence-corrected chi connectivity index (χ0v) is 18.9. The number of carbonyl (C=O) groups is 2. The Labute approximate surface area is 186 Å². The lowest BCUT2D eigenvalue weighted by Gasteiger charge is -2.21. The molecule has 2 aromatic heterocycles. The predicted octanol–water partition coefficient (Wildman–Crippen LogP) is 4.74. The average Bonchev–Trinajstić information content (AvgIpc) is 3.38. The van der Waals surface area contributed by atoms with E-state index < -0.39 is 11.7 Å². The first-order valence-electron chi connectivity index (χ1n) is 9.22. The number of benzene rings is 1. The second-order valence-corrected chi connectivity index (χ2v) is 9.79. The molecule has 0 saturated heterocycles. The molecule has 0 aliphatic heterocycles. The van der Waals surface area contributed by atoms with Crippen LogP contribution in [0.5, 0.6) is 0 Å². The summed E-state index contributed by atoms with van der Waals surface area (Å²) in [5.74, 6) is 0.144. The zero-order valence-electron chi connectivity index (χ0n) is 16.4. The summed E-state index contributed by atoms with van der Waals surface area (Å²) in [4.78, 5) is 25.7. The van der Waals surface area contributed by atoms with Crippen LogP contribution in [0.3, 0.4) is 0 Å². The molecule has 158 valence electrons. The minimum atomic E-state index is -0.442. The number of nitrogens with zero attached hydrogens (tertiary/aromatic N) is 2. The van der Waals surface area contributed by atoms with Gasteiger partial charge < -0.3 is 10.6 Å². The fourth-order valence-corrected chi connectivity index (χ4v) is 5.20. The van der Waals surface area contributed by atoms with Gasteiger partial charge in [0.1, 0.15) is 10.8 Å². The SMILES string of the molecule is CC(C)C(NC(=O)CSCc1nnc(C(=O)Nc2cccc(F)c2)s1)c1cccs1. The summed E-state index contributed by atoms with van der Waals surface area (Å²) in [5.41, 5.74) is 0.355. The highest BCUT2D eigenvalue weighted by atomic mass is 32.2. The molecule has 1 aromatic carbocycles. The maximum absolute atomic E-state index is 13.2. The van der Waals surface area contributed by atoms with Gasteiger partial charge in [0.2, 0.25) is 10.9 Å². The fourth-order valence-electron chi connectivity index (χ4n) is 2.64. The summed E-state index contributed by atoms with van der Waals surface area (Å²) in [6, 6.07) is 9.65. The lowest BCUT2D eigenvalue weighted by molar-refractivity contribution is -0.119. The van der Waals surface area contributed by atoms with Crippen molar-refractivity contribution in [2.75, 3.05) is 11.1 Å². The third-order valence-electron chi connectivity index (χ3n) is 4.04. The van der Waals surface area contributed by atoms with E-state index >= 15 is 0 Å². The molecule has 0 fully saturated rings. The van der Waals surface area contributed by atoms with Crippen LogP contribution >= 0.6 is 34.4 Å². The Balaban J connectivity index is 1.47. The van der Waals surface area contributed by atoms with Crippen LogP contribution in [0.25, 0.3) is 0 Å². The zero-order chi connectivity index (χ0) is 21.5. The molecule has 0 saturated carbocycles. The second-order valence-electron chi connectivity index (χ2n) is 6.76. The number of anilines is 1. The van der Waals surface area contributed by atoms with Crippen molar-refractivity contribution in [2.24, 2.45) is 5.92 Å². The van der Waals surface area contributed by atoms with Gasteiger partial charge in [0.25, 0.3) is 5.91 Å². The summed E-state index contributed by atoms with van der Waals surface area (Å²) in [5, 5.41) is 16.4. The first kappa shape index (κ1) is 22.4. The van der Waals surface area contributed by atoms with Gasteiger partial charge in [-0.25, -0.2) is 4.39 Å². The molecule has 0 radical (unpaired) electrons. The van der Waals surface area contributed by atoms with Crippen molar-refractivity contribution in [3.63, 3.8) is 0 Å². The quantitative estimate of drug-likeness (QED) is 0.478. The molecule has 30 heavy (non-hydrogen) atoms. The van der Waals surface area contributed by atoms with Gasteiger partial charge >= 0.3 is 0 Å². The van der Waals surface area contributed by atoms with Crippen molar-refractivity contribution in [3.05, 3.63) is 62.5 Å². The number of carbonyl (C=O) groups excluding carboxylic acids is 2. The average molecular weight is 465 g/mol. The topological polar surface area (TPSA) is 84.0 Å². The van der Waals surface area contributed by atoms with Crippen LogP contribution in [-0.4, -0.2) is 27.8 Å². The number of halogens is 1. The molecule has 2 amide bonds. The molecule has 1 unspecified atom stereocenters. The second kappa shape index (κ2) is 10.6. The molecule has 6 nitrogen and oxygen atoms in total. The first-order valence-corrected chi connectivity index (χ1v) is 12.1. The van der Waals surface area contributed by atoms with Gasteiger partial charge in [0.05, 0.1) is 11.8 Å².